The number of rotatable bonds is 4. The molecule has 0 fully saturated rings. The zero-order valence-electron chi connectivity index (χ0n) is 11.4. The first-order valence-corrected chi connectivity index (χ1v) is 6.82. The van der Waals surface area contributed by atoms with Gasteiger partial charge in [0.05, 0.1) is 0 Å². The molecular formula is C10H18N8S. The highest BCUT2D eigenvalue weighted by atomic mass is 32.2. The van der Waals surface area contributed by atoms with Gasteiger partial charge < -0.3 is 11.7 Å². The van der Waals surface area contributed by atoms with E-state index >= 15 is 0 Å². The van der Waals surface area contributed by atoms with Crippen LogP contribution in [0, 0.1) is 0 Å². The fourth-order valence-electron chi connectivity index (χ4n) is 1.58. The SMILES string of the molecule is CC(C)c1nnc(Sc2nnc(C(C)C)n2N)n1N. The van der Waals surface area contributed by atoms with Crippen LogP contribution in [-0.4, -0.2) is 29.7 Å². The van der Waals surface area contributed by atoms with E-state index in [1.165, 1.54) is 21.1 Å². The van der Waals surface area contributed by atoms with Crippen LogP contribution in [0.1, 0.15) is 51.2 Å². The monoisotopic (exact) mass is 282 g/mol. The van der Waals surface area contributed by atoms with Crippen LogP contribution < -0.4 is 11.7 Å². The van der Waals surface area contributed by atoms with Gasteiger partial charge in [0.25, 0.3) is 0 Å². The summed E-state index contributed by atoms with van der Waals surface area (Å²) in [7, 11) is 0. The lowest BCUT2D eigenvalue weighted by Crippen LogP contribution is -2.17. The second-order valence-electron chi connectivity index (χ2n) is 4.83. The Labute approximate surface area is 115 Å². The molecule has 104 valence electrons. The van der Waals surface area contributed by atoms with Gasteiger partial charge in [0.15, 0.2) is 11.6 Å². The summed E-state index contributed by atoms with van der Waals surface area (Å²) in [5, 5.41) is 17.3. The highest BCUT2D eigenvalue weighted by Gasteiger charge is 2.18. The Morgan fingerprint density at radius 2 is 1.16 bits per heavy atom. The fourth-order valence-corrected chi connectivity index (χ4v) is 2.30. The summed E-state index contributed by atoms with van der Waals surface area (Å²) < 4.78 is 2.91. The lowest BCUT2D eigenvalue weighted by Gasteiger charge is -2.06. The average Bonchev–Trinajstić information content (AvgIpc) is 2.85. The molecule has 0 unspecified atom stereocenters. The Balaban J connectivity index is 2.27. The molecule has 0 atom stereocenters. The normalized spacial score (nSPS) is 11.7. The van der Waals surface area contributed by atoms with Crippen molar-refractivity contribution in [3.8, 4) is 0 Å². The van der Waals surface area contributed by atoms with Gasteiger partial charge in [-0.15, -0.1) is 20.4 Å². The molecule has 4 N–H and O–H groups in total. The second kappa shape index (κ2) is 5.08. The van der Waals surface area contributed by atoms with Crippen LogP contribution in [0.4, 0.5) is 0 Å². The van der Waals surface area contributed by atoms with Gasteiger partial charge in [-0.3, -0.25) is 0 Å². The molecule has 2 aromatic rings. The van der Waals surface area contributed by atoms with Crippen molar-refractivity contribution in [1.29, 1.82) is 0 Å². The fraction of sp³-hybridized carbons (Fsp3) is 0.600. The predicted octanol–water partition coefficient (Wildman–Crippen LogP) is 0.695. The molecule has 8 nitrogen and oxygen atoms in total. The van der Waals surface area contributed by atoms with Gasteiger partial charge in [0.1, 0.15) is 0 Å². The molecule has 0 aliphatic carbocycles. The van der Waals surface area contributed by atoms with E-state index in [1.54, 1.807) is 0 Å². The Morgan fingerprint density at radius 3 is 1.42 bits per heavy atom. The summed E-state index contributed by atoms with van der Waals surface area (Å²) in [4.78, 5) is 0. The smallest absolute Gasteiger partial charge is 0.217 e. The van der Waals surface area contributed by atoms with Crippen LogP contribution >= 0.6 is 11.8 Å². The summed E-state index contributed by atoms with van der Waals surface area (Å²) in [5.74, 6) is 13.7. The molecular weight excluding hydrogens is 264 g/mol. The van der Waals surface area contributed by atoms with Crippen molar-refractivity contribution in [2.45, 2.75) is 49.8 Å². The molecule has 2 heterocycles. The summed E-state index contributed by atoms with van der Waals surface area (Å²) in [6, 6.07) is 0. The maximum Gasteiger partial charge on any atom is 0.217 e. The topological polar surface area (TPSA) is 113 Å². The lowest BCUT2D eigenvalue weighted by molar-refractivity contribution is 0.703. The molecule has 2 aromatic heterocycles. The molecule has 0 aliphatic rings. The average molecular weight is 282 g/mol. The zero-order chi connectivity index (χ0) is 14.2. The maximum atomic E-state index is 5.94. The van der Waals surface area contributed by atoms with Gasteiger partial charge in [-0.05, 0) is 11.8 Å². The number of nitrogen functional groups attached to an aromatic ring is 2. The number of hydrogen-bond acceptors (Lipinski definition) is 7. The van der Waals surface area contributed by atoms with E-state index < -0.39 is 0 Å². The van der Waals surface area contributed by atoms with Crippen molar-refractivity contribution in [3.05, 3.63) is 11.6 Å². The van der Waals surface area contributed by atoms with Crippen LogP contribution in [0.3, 0.4) is 0 Å². The number of aromatic nitrogens is 6. The first-order chi connectivity index (χ1) is 8.91. The molecule has 0 saturated heterocycles. The van der Waals surface area contributed by atoms with Crippen LogP contribution in [0.2, 0.25) is 0 Å². The first kappa shape index (κ1) is 13.7. The molecule has 0 saturated carbocycles. The minimum Gasteiger partial charge on any atom is -0.336 e. The number of hydrogen-bond donors (Lipinski definition) is 2. The summed E-state index contributed by atoms with van der Waals surface area (Å²) in [6.07, 6.45) is 0. The number of nitrogens with zero attached hydrogens (tertiary/aromatic N) is 6. The highest BCUT2D eigenvalue weighted by molar-refractivity contribution is 7.99. The Bertz CT molecular complexity index is 520. The third-order valence-electron chi connectivity index (χ3n) is 2.60. The molecule has 0 radical (unpaired) electrons. The maximum absolute atomic E-state index is 5.94. The van der Waals surface area contributed by atoms with Crippen molar-refractivity contribution in [2.24, 2.45) is 0 Å². The molecule has 0 bridgehead atoms. The zero-order valence-corrected chi connectivity index (χ0v) is 12.2. The standard InChI is InChI=1S/C10H18N8S/c1-5(2)7-13-15-9(17(7)11)19-10-16-14-8(6(3)4)18(10)12/h5-6H,11-12H2,1-4H3. The first-order valence-electron chi connectivity index (χ1n) is 6.00. The van der Waals surface area contributed by atoms with Crippen LogP contribution in [-0.2, 0) is 0 Å². The Morgan fingerprint density at radius 1 is 0.789 bits per heavy atom. The van der Waals surface area contributed by atoms with E-state index in [4.69, 9.17) is 11.7 Å². The van der Waals surface area contributed by atoms with E-state index in [9.17, 15) is 0 Å². The quantitative estimate of drug-likeness (QED) is 0.793. The van der Waals surface area contributed by atoms with Crippen molar-refractivity contribution in [2.75, 3.05) is 11.7 Å². The summed E-state index contributed by atoms with van der Waals surface area (Å²) in [6.45, 7) is 8.02. The van der Waals surface area contributed by atoms with Crippen molar-refractivity contribution in [3.63, 3.8) is 0 Å². The van der Waals surface area contributed by atoms with Crippen LogP contribution in [0.25, 0.3) is 0 Å². The van der Waals surface area contributed by atoms with E-state index in [2.05, 4.69) is 20.4 Å². The van der Waals surface area contributed by atoms with Crippen molar-refractivity contribution in [1.82, 2.24) is 29.7 Å². The van der Waals surface area contributed by atoms with Gasteiger partial charge in [-0.2, -0.15) is 0 Å². The largest absolute Gasteiger partial charge is 0.336 e. The minimum atomic E-state index is 0.203. The van der Waals surface area contributed by atoms with Crippen molar-refractivity contribution < 1.29 is 0 Å². The van der Waals surface area contributed by atoms with Gasteiger partial charge in [0.2, 0.25) is 10.3 Å². The third-order valence-corrected chi connectivity index (χ3v) is 3.52. The van der Waals surface area contributed by atoms with E-state index in [0.29, 0.717) is 10.3 Å². The molecule has 0 amide bonds. The molecule has 0 spiro atoms. The van der Waals surface area contributed by atoms with Crippen molar-refractivity contribution >= 4 is 11.8 Å². The van der Waals surface area contributed by atoms with E-state index in [1.807, 2.05) is 27.7 Å². The van der Waals surface area contributed by atoms with Crippen LogP contribution in [0.5, 0.6) is 0 Å². The minimum absolute atomic E-state index is 0.203. The molecule has 2 rings (SSSR count). The molecule has 19 heavy (non-hydrogen) atoms. The van der Waals surface area contributed by atoms with Gasteiger partial charge in [-0.1, -0.05) is 27.7 Å². The highest BCUT2D eigenvalue weighted by Crippen LogP contribution is 2.26. The molecule has 0 aliphatic heterocycles. The van der Waals surface area contributed by atoms with Gasteiger partial charge in [-0.25, -0.2) is 9.35 Å². The van der Waals surface area contributed by atoms with Crippen LogP contribution in [0.15, 0.2) is 10.3 Å². The predicted molar refractivity (Wildman–Crippen MR) is 72.6 cm³/mol. The molecule has 9 heteroatoms. The molecule has 0 aromatic carbocycles. The number of nitrogens with two attached hydrogens (primary N) is 2. The van der Waals surface area contributed by atoms with E-state index in [0.717, 1.165) is 11.6 Å². The lowest BCUT2D eigenvalue weighted by atomic mass is 10.2. The Kier molecular flexibility index (Phi) is 3.65. The van der Waals surface area contributed by atoms with Gasteiger partial charge >= 0.3 is 0 Å². The summed E-state index contributed by atoms with van der Waals surface area (Å²) >= 11 is 1.25. The summed E-state index contributed by atoms with van der Waals surface area (Å²) in [5.41, 5.74) is 0. The second-order valence-corrected chi connectivity index (χ2v) is 5.77. The van der Waals surface area contributed by atoms with Gasteiger partial charge in [0, 0.05) is 11.8 Å². The third kappa shape index (κ3) is 2.50. The Hall–Kier alpha value is -1.77. The van der Waals surface area contributed by atoms with E-state index in [-0.39, 0.29) is 11.8 Å².